The number of nitrogens with two attached hydrogens (primary N) is 1. The highest BCUT2D eigenvalue weighted by Crippen LogP contribution is 2.13. The first-order valence-electron chi connectivity index (χ1n) is 4.62. The summed E-state index contributed by atoms with van der Waals surface area (Å²) in [6.45, 7) is 0.0312. The molecule has 0 aliphatic carbocycles. The summed E-state index contributed by atoms with van der Waals surface area (Å²) < 4.78 is 27.6. The molecule has 0 atom stereocenters. The first-order valence-corrected chi connectivity index (χ1v) is 6.10. The molecule has 0 spiro atoms. The van der Waals surface area contributed by atoms with E-state index < -0.39 is 10.0 Å². The Balaban J connectivity index is 2.15. The van der Waals surface area contributed by atoms with Crippen LogP contribution in [0.25, 0.3) is 0 Å². The van der Waals surface area contributed by atoms with Crippen LogP contribution in [-0.4, -0.2) is 33.4 Å². The molecule has 0 amide bonds. The normalized spacial score (nSPS) is 11.8. The summed E-state index contributed by atoms with van der Waals surface area (Å²) >= 11 is 0. The second-order valence-electron chi connectivity index (χ2n) is 3.33. The predicted octanol–water partition coefficient (Wildman–Crippen LogP) is -1.40. The molecule has 0 unspecified atom stereocenters. The highest BCUT2D eigenvalue weighted by atomic mass is 32.2. The van der Waals surface area contributed by atoms with E-state index in [9.17, 15) is 8.42 Å². The van der Waals surface area contributed by atoms with E-state index in [1.54, 1.807) is 11.6 Å². The quantitative estimate of drug-likeness (QED) is 0.617. The molecule has 4 N–H and O–H groups in total. The van der Waals surface area contributed by atoms with Gasteiger partial charge >= 0.3 is 0 Å². The molecular formula is C7H11N7O2S. The first-order chi connectivity index (χ1) is 8.00. The number of aryl methyl sites for hydroxylation is 1. The maximum atomic E-state index is 11.8. The van der Waals surface area contributed by atoms with Crippen LogP contribution in [0, 0.1) is 0 Å². The zero-order valence-electron chi connectivity index (χ0n) is 8.95. The first kappa shape index (κ1) is 11.5. The van der Waals surface area contributed by atoms with Crippen LogP contribution >= 0.6 is 0 Å². The predicted molar refractivity (Wildman–Crippen MR) is 58.0 cm³/mol. The number of hydrogen-bond acceptors (Lipinski definition) is 6. The van der Waals surface area contributed by atoms with Gasteiger partial charge in [-0.3, -0.25) is 5.10 Å². The minimum Gasteiger partial charge on any atom is -0.383 e. The molecule has 92 valence electrons. The van der Waals surface area contributed by atoms with Crippen LogP contribution in [0.2, 0.25) is 0 Å². The lowest BCUT2D eigenvalue weighted by Gasteiger charge is -2.04. The molecule has 2 rings (SSSR count). The number of anilines is 1. The van der Waals surface area contributed by atoms with Crippen molar-refractivity contribution in [3.63, 3.8) is 0 Å². The number of aromatic nitrogens is 5. The van der Waals surface area contributed by atoms with Crippen LogP contribution in [0.15, 0.2) is 17.4 Å². The lowest BCUT2D eigenvalue weighted by molar-refractivity contribution is 0.578. The summed E-state index contributed by atoms with van der Waals surface area (Å²) in [4.78, 5) is -0.0836. The van der Waals surface area contributed by atoms with E-state index in [0.717, 1.165) is 6.20 Å². The Kier molecular flexibility index (Phi) is 2.81. The van der Waals surface area contributed by atoms with Crippen LogP contribution in [0.5, 0.6) is 0 Å². The van der Waals surface area contributed by atoms with Crippen molar-refractivity contribution in [3.05, 3.63) is 18.3 Å². The van der Waals surface area contributed by atoms with Gasteiger partial charge in [-0.2, -0.15) is 5.10 Å². The Morgan fingerprint density at radius 1 is 1.59 bits per heavy atom. The van der Waals surface area contributed by atoms with Gasteiger partial charge in [0.25, 0.3) is 0 Å². The van der Waals surface area contributed by atoms with Crippen molar-refractivity contribution in [1.29, 1.82) is 0 Å². The molecule has 0 fully saturated rings. The number of rotatable bonds is 4. The van der Waals surface area contributed by atoms with E-state index in [4.69, 9.17) is 5.73 Å². The van der Waals surface area contributed by atoms with E-state index in [1.807, 2.05) is 0 Å². The third-order valence-corrected chi connectivity index (χ3v) is 3.58. The van der Waals surface area contributed by atoms with E-state index >= 15 is 0 Å². The molecule has 0 radical (unpaired) electrons. The van der Waals surface area contributed by atoms with Gasteiger partial charge in [0.2, 0.25) is 10.0 Å². The Morgan fingerprint density at radius 3 is 2.88 bits per heavy atom. The summed E-state index contributed by atoms with van der Waals surface area (Å²) in [6.07, 6.45) is 2.63. The lowest BCUT2D eigenvalue weighted by Crippen LogP contribution is -2.25. The molecule has 0 bridgehead atoms. The summed E-state index contributed by atoms with van der Waals surface area (Å²) in [7, 11) is -1.97. The topological polar surface area (TPSA) is 132 Å². The highest BCUT2D eigenvalue weighted by molar-refractivity contribution is 7.89. The van der Waals surface area contributed by atoms with Crippen molar-refractivity contribution < 1.29 is 8.42 Å². The second kappa shape index (κ2) is 4.14. The van der Waals surface area contributed by atoms with Gasteiger partial charge in [0.1, 0.15) is 22.9 Å². The SMILES string of the molecule is Cn1cnnc1CNS(=O)(=O)c1cn[nH]c1N. The van der Waals surface area contributed by atoms with Crippen LogP contribution in [0.4, 0.5) is 5.82 Å². The van der Waals surface area contributed by atoms with Crippen LogP contribution in [0.1, 0.15) is 5.82 Å². The molecule has 0 saturated carbocycles. The molecule has 9 nitrogen and oxygen atoms in total. The molecule has 2 heterocycles. The van der Waals surface area contributed by atoms with E-state index in [0.29, 0.717) is 5.82 Å². The molecule has 2 aromatic rings. The fourth-order valence-corrected chi connectivity index (χ4v) is 2.20. The minimum absolute atomic E-state index is 0.00420. The van der Waals surface area contributed by atoms with Crippen molar-refractivity contribution >= 4 is 15.8 Å². The smallest absolute Gasteiger partial charge is 0.246 e. The Bertz CT molecular complexity index is 614. The Morgan fingerprint density at radius 2 is 2.35 bits per heavy atom. The largest absolute Gasteiger partial charge is 0.383 e. The van der Waals surface area contributed by atoms with Crippen molar-refractivity contribution in [2.45, 2.75) is 11.4 Å². The average Bonchev–Trinajstić information content (AvgIpc) is 2.85. The van der Waals surface area contributed by atoms with Crippen molar-refractivity contribution in [2.24, 2.45) is 7.05 Å². The zero-order valence-corrected chi connectivity index (χ0v) is 9.77. The van der Waals surface area contributed by atoms with Gasteiger partial charge in [-0.25, -0.2) is 13.1 Å². The van der Waals surface area contributed by atoms with Crippen LogP contribution in [0.3, 0.4) is 0 Å². The maximum Gasteiger partial charge on any atom is 0.246 e. The molecular weight excluding hydrogens is 246 g/mol. The summed E-state index contributed by atoms with van der Waals surface area (Å²) in [5.74, 6) is 0.492. The van der Waals surface area contributed by atoms with Gasteiger partial charge in [0.05, 0.1) is 12.7 Å². The third-order valence-electron chi connectivity index (χ3n) is 2.15. The molecule has 17 heavy (non-hydrogen) atoms. The zero-order chi connectivity index (χ0) is 12.5. The molecule has 2 aromatic heterocycles. The van der Waals surface area contributed by atoms with Crippen LogP contribution in [-0.2, 0) is 23.6 Å². The van der Waals surface area contributed by atoms with E-state index in [1.165, 1.54) is 6.33 Å². The molecule has 0 aliphatic heterocycles. The number of H-pyrrole nitrogens is 1. The summed E-state index contributed by atoms with van der Waals surface area (Å²) in [5, 5.41) is 13.3. The fourth-order valence-electron chi connectivity index (χ4n) is 1.20. The molecule has 10 heteroatoms. The highest BCUT2D eigenvalue weighted by Gasteiger charge is 2.19. The molecule has 0 aromatic carbocycles. The van der Waals surface area contributed by atoms with Crippen molar-refractivity contribution in [1.82, 2.24) is 29.7 Å². The number of aromatic amines is 1. The van der Waals surface area contributed by atoms with Gasteiger partial charge in [-0.05, 0) is 0 Å². The molecule has 0 aliphatic rings. The fraction of sp³-hybridized carbons (Fsp3) is 0.286. The number of nitrogens with one attached hydrogen (secondary N) is 2. The summed E-state index contributed by atoms with van der Waals surface area (Å²) in [6, 6.07) is 0. The molecule has 0 saturated heterocycles. The van der Waals surface area contributed by atoms with Gasteiger partial charge < -0.3 is 10.3 Å². The minimum atomic E-state index is -3.69. The monoisotopic (exact) mass is 257 g/mol. The third kappa shape index (κ3) is 2.26. The Hall–Kier alpha value is -1.94. The Labute approximate surface area is 97.1 Å². The lowest BCUT2D eigenvalue weighted by atomic mass is 10.6. The summed E-state index contributed by atoms with van der Waals surface area (Å²) in [5.41, 5.74) is 5.44. The van der Waals surface area contributed by atoms with Gasteiger partial charge in [0.15, 0.2) is 0 Å². The standard InChI is InChI=1S/C7H11N7O2S/c1-14-4-10-12-6(14)3-11-17(15,16)5-2-9-13-7(5)8/h2,4,11H,3H2,1H3,(H3,8,9,13). The maximum absolute atomic E-state index is 11.8. The second-order valence-corrected chi connectivity index (χ2v) is 5.07. The van der Waals surface area contributed by atoms with Gasteiger partial charge in [0, 0.05) is 7.05 Å². The van der Waals surface area contributed by atoms with Gasteiger partial charge in [-0.15, -0.1) is 10.2 Å². The van der Waals surface area contributed by atoms with Gasteiger partial charge in [-0.1, -0.05) is 0 Å². The number of sulfonamides is 1. The van der Waals surface area contributed by atoms with Crippen molar-refractivity contribution in [3.8, 4) is 0 Å². The average molecular weight is 257 g/mol. The van der Waals surface area contributed by atoms with Crippen molar-refractivity contribution in [2.75, 3.05) is 5.73 Å². The van der Waals surface area contributed by atoms with Crippen LogP contribution < -0.4 is 10.5 Å². The number of nitrogen functional groups attached to an aromatic ring is 1. The number of nitrogens with zero attached hydrogens (tertiary/aromatic N) is 4. The van der Waals surface area contributed by atoms with E-state index in [-0.39, 0.29) is 17.3 Å². The van der Waals surface area contributed by atoms with E-state index in [2.05, 4.69) is 25.1 Å². The number of hydrogen-bond donors (Lipinski definition) is 3.